The van der Waals surface area contributed by atoms with Crippen molar-refractivity contribution in [3.8, 4) is 0 Å². The zero-order valence-electron chi connectivity index (χ0n) is 10.1. The highest BCUT2D eigenvalue weighted by atomic mass is 35.5. The Morgan fingerprint density at radius 2 is 1.44 bits per heavy atom. The van der Waals surface area contributed by atoms with Gasteiger partial charge in [0.1, 0.15) is 0 Å². The van der Waals surface area contributed by atoms with Crippen molar-refractivity contribution in [1.29, 1.82) is 0 Å². The maximum Gasteiger partial charge on any atom is 0.193 e. The normalized spacial score (nSPS) is 10.4. The second-order valence-corrected chi connectivity index (χ2v) is 5.15. The van der Waals surface area contributed by atoms with E-state index >= 15 is 0 Å². The minimum atomic E-state index is -0.0413. The van der Waals surface area contributed by atoms with Gasteiger partial charge in [-0.2, -0.15) is 0 Å². The number of benzene rings is 2. The van der Waals surface area contributed by atoms with Crippen molar-refractivity contribution >= 4 is 29.0 Å². The average Bonchev–Trinajstić information content (AvgIpc) is 2.30. The predicted molar refractivity (Wildman–Crippen MR) is 75.8 cm³/mol. The summed E-state index contributed by atoms with van der Waals surface area (Å²) < 4.78 is 0. The number of carbonyl (C=O) groups is 1. The van der Waals surface area contributed by atoms with Crippen molar-refractivity contribution in [3.05, 3.63) is 68.7 Å². The van der Waals surface area contributed by atoms with Crippen LogP contribution >= 0.6 is 23.2 Å². The summed E-state index contributed by atoms with van der Waals surface area (Å²) in [7, 11) is 0. The fourth-order valence-electron chi connectivity index (χ4n) is 1.91. The van der Waals surface area contributed by atoms with E-state index in [0.29, 0.717) is 21.2 Å². The first-order valence-electron chi connectivity index (χ1n) is 5.55. The molecule has 0 unspecified atom stereocenters. The van der Waals surface area contributed by atoms with Crippen LogP contribution < -0.4 is 0 Å². The summed E-state index contributed by atoms with van der Waals surface area (Å²) in [5.41, 5.74) is 3.36. The number of aryl methyl sites for hydroxylation is 2. The topological polar surface area (TPSA) is 17.1 Å². The van der Waals surface area contributed by atoms with Gasteiger partial charge in [0.15, 0.2) is 5.78 Å². The van der Waals surface area contributed by atoms with Crippen molar-refractivity contribution in [2.24, 2.45) is 0 Å². The highest BCUT2D eigenvalue weighted by Gasteiger charge is 2.11. The molecule has 0 spiro atoms. The van der Waals surface area contributed by atoms with E-state index in [1.54, 1.807) is 18.2 Å². The summed E-state index contributed by atoms with van der Waals surface area (Å²) in [4.78, 5) is 12.3. The predicted octanol–water partition coefficient (Wildman–Crippen LogP) is 4.84. The molecule has 2 aromatic rings. The van der Waals surface area contributed by atoms with Crippen LogP contribution in [0.15, 0.2) is 36.4 Å². The molecule has 0 amide bonds. The number of carbonyl (C=O) groups excluding carboxylic acids is 1. The molecule has 92 valence electrons. The highest BCUT2D eigenvalue weighted by molar-refractivity contribution is 6.42. The van der Waals surface area contributed by atoms with E-state index in [0.717, 1.165) is 11.1 Å². The minimum absolute atomic E-state index is 0.0413. The van der Waals surface area contributed by atoms with Crippen LogP contribution in [0.1, 0.15) is 27.0 Å². The number of hydrogen-bond donors (Lipinski definition) is 0. The van der Waals surface area contributed by atoms with Crippen LogP contribution in [-0.4, -0.2) is 5.78 Å². The second kappa shape index (κ2) is 5.13. The van der Waals surface area contributed by atoms with E-state index < -0.39 is 0 Å². The number of rotatable bonds is 2. The van der Waals surface area contributed by atoms with Crippen LogP contribution in [0, 0.1) is 13.8 Å². The summed E-state index contributed by atoms with van der Waals surface area (Å²) >= 11 is 11.8. The molecule has 1 nitrogen and oxygen atoms in total. The van der Waals surface area contributed by atoms with E-state index in [-0.39, 0.29) is 5.78 Å². The van der Waals surface area contributed by atoms with E-state index in [1.165, 1.54) is 0 Å². The van der Waals surface area contributed by atoms with Crippen molar-refractivity contribution in [3.63, 3.8) is 0 Å². The molecule has 2 rings (SSSR count). The lowest BCUT2D eigenvalue weighted by Gasteiger charge is -2.05. The molecular formula is C15H12Cl2O. The maximum atomic E-state index is 12.3. The van der Waals surface area contributed by atoms with Crippen molar-refractivity contribution in [2.75, 3.05) is 0 Å². The zero-order chi connectivity index (χ0) is 13.3. The molecule has 0 aliphatic carbocycles. The van der Waals surface area contributed by atoms with E-state index in [1.807, 2.05) is 32.0 Å². The third-order valence-electron chi connectivity index (χ3n) is 2.67. The van der Waals surface area contributed by atoms with Gasteiger partial charge in [0, 0.05) is 11.1 Å². The molecule has 0 bridgehead atoms. The lowest BCUT2D eigenvalue weighted by atomic mass is 9.99. The van der Waals surface area contributed by atoms with Crippen LogP contribution in [0.25, 0.3) is 0 Å². The molecule has 0 atom stereocenters. The van der Waals surface area contributed by atoms with Gasteiger partial charge in [-0.15, -0.1) is 0 Å². The van der Waals surface area contributed by atoms with Gasteiger partial charge in [-0.25, -0.2) is 0 Å². The zero-order valence-corrected chi connectivity index (χ0v) is 11.6. The minimum Gasteiger partial charge on any atom is -0.289 e. The average molecular weight is 279 g/mol. The molecule has 0 fully saturated rings. The Hall–Kier alpha value is -1.31. The van der Waals surface area contributed by atoms with Crippen LogP contribution in [0.3, 0.4) is 0 Å². The molecule has 0 saturated heterocycles. The van der Waals surface area contributed by atoms with Gasteiger partial charge < -0.3 is 0 Å². The van der Waals surface area contributed by atoms with Crippen molar-refractivity contribution in [2.45, 2.75) is 13.8 Å². The Kier molecular flexibility index (Phi) is 3.74. The fourth-order valence-corrected chi connectivity index (χ4v) is 2.21. The van der Waals surface area contributed by atoms with Crippen molar-refractivity contribution < 1.29 is 4.79 Å². The van der Waals surface area contributed by atoms with Crippen LogP contribution in [0.5, 0.6) is 0 Å². The van der Waals surface area contributed by atoms with Gasteiger partial charge in [-0.05, 0) is 44.2 Å². The Morgan fingerprint density at radius 1 is 0.833 bits per heavy atom. The first-order chi connectivity index (χ1) is 8.47. The number of ketones is 1. The van der Waals surface area contributed by atoms with E-state index in [4.69, 9.17) is 23.2 Å². The Labute approximate surface area is 116 Å². The smallest absolute Gasteiger partial charge is 0.193 e. The van der Waals surface area contributed by atoms with Gasteiger partial charge in [0.2, 0.25) is 0 Å². The monoisotopic (exact) mass is 278 g/mol. The first-order valence-corrected chi connectivity index (χ1v) is 6.31. The van der Waals surface area contributed by atoms with Crippen LogP contribution in [0.4, 0.5) is 0 Å². The fraction of sp³-hybridized carbons (Fsp3) is 0.133. The van der Waals surface area contributed by atoms with Gasteiger partial charge in [0.25, 0.3) is 0 Å². The number of halogens is 2. The second-order valence-electron chi connectivity index (χ2n) is 4.33. The van der Waals surface area contributed by atoms with Gasteiger partial charge in [-0.1, -0.05) is 40.4 Å². The third-order valence-corrected chi connectivity index (χ3v) is 3.40. The summed E-state index contributed by atoms with van der Waals surface area (Å²) in [6.45, 7) is 3.94. The van der Waals surface area contributed by atoms with E-state index in [2.05, 4.69) is 0 Å². The molecule has 0 saturated carbocycles. The lowest BCUT2D eigenvalue weighted by molar-refractivity contribution is 0.103. The van der Waals surface area contributed by atoms with Gasteiger partial charge in [0.05, 0.1) is 10.0 Å². The first kappa shape index (κ1) is 13.1. The summed E-state index contributed by atoms with van der Waals surface area (Å²) in [5, 5.41) is 0.848. The molecule has 0 N–H and O–H groups in total. The van der Waals surface area contributed by atoms with Gasteiger partial charge >= 0.3 is 0 Å². The Bertz CT molecular complexity index is 598. The SMILES string of the molecule is Cc1cc(C)cc(C(=O)c2ccc(Cl)c(Cl)c2)c1. The maximum absolute atomic E-state index is 12.3. The molecule has 0 aromatic heterocycles. The molecule has 18 heavy (non-hydrogen) atoms. The summed E-state index contributed by atoms with van der Waals surface area (Å²) in [6.07, 6.45) is 0. The largest absolute Gasteiger partial charge is 0.289 e. The molecular weight excluding hydrogens is 267 g/mol. The van der Waals surface area contributed by atoms with Crippen LogP contribution in [-0.2, 0) is 0 Å². The molecule has 0 aliphatic rings. The Balaban J connectivity index is 2.44. The molecule has 0 heterocycles. The molecule has 0 aliphatic heterocycles. The standard InChI is InChI=1S/C15H12Cl2O/c1-9-5-10(2)7-12(6-9)15(18)11-3-4-13(16)14(17)8-11/h3-8H,1-2H3. The Morgan fingerprint density at radius 3 is 2.00 bits per heavy atom. The van der Waals surface area contributed by atoms with E-state index in [9.17, 15) is 4.79 Å². The quantitative estimate of drug-likeness (QED) is 0.719. The van der Waals surface area contributed by atoms with Gasteiger partial charge in [-0.3, -0.25) is 4.79 Å². The molecule has 2 aromatic carbocycles. The third kappa shape index (κ3) is 2.74. The van der Waals surface area contributed by atoms with Crippen LogP contribution in [0.2, 0.25) is 10.0 Å². The summed E-state index contributed by atoms with van der Waals surface area (Å²) in [5.74, 6) is -0.0413. The molecule has 0 radical (unpaired) electrons. The van der Waals surface area contributed by atoms with Crippen molar-refractivity contribution in [1.82, 2.24) is 0 Å². The highest BCUT2D eigenvalue weighted by Crippen LogP contribution is 2.24. The lowest BCUT2D eigenvalue weighted by Crippen LogP contribution is -2.02. The summed E-state index contributed by atoms with van der Waals surface area (Å²) in [6, 6.07) is 10.7. The number of hydrogen-bond acceptors (Lipinski definition) is 1. The molecule has 3 heteroatoms.